The minimum Gasteiger partial charge on any atom is -0.330 e. The van der Waals surface area contributed by atoms with E-state index in [0.29, 0.717) is 0 Å². The first-order valence-corrected chi connectivity index (χ1v) is 7.20. The molecule has 1 heterocycles. The Labute approximate surface area is 125 Å². The average molecular weight is 336 g/mol. The number of fused-ring (bicyclic) bond motifs is 1. The Morgan fingerprint density at radius 2 is 1.89 bits per heavy atom. The third-order valence-corrected chi connectivity index (χ3v) is 4.14. The topological polar surface area (TPSA) is 17.8 Å². The molecule has 96 valence electrons. The summed E-state index contributed by atoms with van der Waals surface area (Å²) in [5, 5.41) is -0.239. The zero-order valence-corrected chi connectivity index (χ0v) is 12.7. The Bertz CT molecular complexity index is 722. The van der Waals surface area contributed by atoms with Crippen LogP contribution in [0.1, 0.15) is 16.8 Å². The maximum atomic E-state index is 6.55. The molecule has 2 aromatic carbocycles. The zero-order chi connectivity index (χ0) is 13.4. The highest BCUT2D eigenvalue weighted by Crippen LogP contribution is 2.30. The molecular weight excluding hydrogens is 324 g/mol. The van der Waals surface area contributed by atoms with E-state index in [0.717, 1.165) is 26.9 Å². The van der Waals surface area contributed by atoms with E-state index in [9.17, 15) is 0 Å². The van der Waals surface area contributed by atoms with Gasteiger partial charge in [0.05, 0.1) is 11.0 Å². The van der Waals surface area contributed by atoms with Gasteiger partial charge in [0.15, 0.2) is 0 Å². The molecule has 3 rings (SSSR count). The first kappa shape index (κ1) is 12.7. The lowest BCUT2D eigenvalue weighted by Gasteiger charge is -2.09. The molecule has 0 amide bonds. The van der Waals surface area contributed by atoms with E-state index < -0.39 is 0 Å². The van der Waals surface area contributed by atoms with Gasteiger partial charge in [-0.15, -0.1) is 11.6 Å². The molecule has 0 aliphatic carbocycles. The number of imidazole rings is 1. The van der Waals surface area contributed by atoms with E-state index in [4.69, 9.17) is 11.6 Å². The number of halogens is 2. The van der Waals surface area contributed by atoms with Gasteiger partial charge in [-0.05, 0) is 23.8 Å². The van der Waals surface area contributed by atoms with E-state index in [1.807, 2.05) is 60.1 Å². The first-order chi connectivity index (χ1) is 9.16. The van der Waals surface area contributed by atoms with Gasteiger partial charge in [0.25, 0.3) is 0 Å². The van der Waals surface area contributed by atoms with Gasteiger partial charge in [-0.25, -0.2) is 4.98 Å². The molecule has 0 aliphatic heterocycles. The second-order valence-electron chi connectivity index (χ2n) is 4.44. The highest BCUT2D eigenvalue weighted by molar-refractivity contribution is 9.10. The molecule has 0 aliphatic rings. The summed E-state index contributed by atoms with van der Waals surface area (Å²) in [5.74, 6) is 0.862. The molecule has 0 fully saturated rings. The van der Waals surface area contributed by atoms with Crippen molar-refractivity contribution in [2.75, 3.05) is 0 Å². The van der Waals surface area contributed by atoms with Crippen molar-refractivity contribution >= 4 is 38.6 Å². The quantitative estimate of drug-likeness (QED) is 0.623. The van der Waals surface area contributed by atoms with Crippen LogP contribution >= 0.6 is 27.5 Å². The summed E-state index contributed by atoms with van der Waals surface area (Å²) in [6.07, 6.45) is 0. The van der Waals surface area contributed by atoms with Gasteiger partial charge in [0.1, 0.15) is 11.2 Å². The van der Waals surface area contributed by atoms with Crippen molar-refractivity contribution in [3.8, 4) is 0 Å². The van der Waals surface area contributed by atoms with Crippen LogP contribution in [-0.4, -0.2) is 9.55 Å². The van der Waals surface area contributed by atoms with E-state index in [1.165, 1.54) is 0 Å². The third kappa shape index (κ3) is 2.28. The molecule has 0 saturated carbocycles. The summed E-state index contributed by atoms with van der Waals surface area (Å²) >= 11 is 10.0. The second-order valence-corrected chi connectivity index (χ2v) is 5.79. The predicted molar refractivity (Wildman–Crippen MR) is 82.6 cm³/mol. The summed E-state index contributed by atoms with van der Waals surface area (Å²) in [5.41, 5.74) is 3.09. The number of rotatable bonds is 2. The Hall–Kier alpha value is -1.32. The lowest BCUT2D eigenvalue weighted by Crippen LogP contribution is -2.02. The van der Waals surface area contributed by atoms with Gasteiger partial charge in [-0.2, -0.15) is 0 Å². The van der Waals surface area contributed by atoms with Crippen molar-refractivity contribution < 1.29 is 0 Å². The van der Waals surface area contributed by atoms with Crippen LogP contribution in [0.25, 0.3) is 11.0 Å². The molecule has 2 nitrogen and oxygen atoms in total. The van der Waals surface area contributed by atoms with Crippen LogP contribution in [0.15, 0.2) is 53.0 Å². The molecule has 1 aromatic heterocycles. The maximum absolute atomic E-state index is 6.55. The smallest absolute Gasteiger partial charge is 0.132 e. The van der Waals surface area contributed by atoms with Crippen molar-refractivity contribution in [3.63, 3.8) is 0 Å². The minimum absolute atomic E-state index is 0.239. The molecule has 1 atom stereocenters. The van der Waals surface area contributed by atoms with E-state index in [-0.39, 0.29) is 5.38 Å². The Balaban J connectivity index is 2.13. The maximum Gasteiger partial charge on any atom is 0.132 e. The fraction of sp³-hybridized carbons (Fsp3) is 0.133. The number of hydrogen-bond donors (Lipinski definition) is 0. The summed E-state index contributed by atoms with van der Waals surface area (Å²) in [7, 11) is 2.00. The van der Waals surface area contributed by atoms with Gasteiger partial charge in [-0.3, -0.25) is 0 Å². The van der Waals surface area contributed by atoms with Crippen molar-refractivity contribution in [1.29, 1.82) is 0 Å². The zero-order valence-electron chi connectivity index (χ0n) is 10.3. The standard InChI is InChI=1S/C15H12BrClN2/c1-19-13-8-7-11(16)9-12(13)18-15(19)14(17)10-5-3-2-4-6-10/h2-9,14H,1H3. The van der Waals surface area contributed by atoms with E-state index >= 15 is 0 Å². The normalized spacial score (nSPS) is 12.8. The van der Waals surface area contributed by atoms with Crippen LogP contribution < -0.4 is 0 Å². The molecule has 3 aromatic rings. The van der Waals surface area contributed by atoms with Crippen LogP contribution in [-0.2, 0) is 7.05 Å². The fourth-order valence-electron chi connectivity index (χ4n) is 2.19. The first-order valence-electron chi connectivity index (χ1n) is 5.97. The SMILES string of the molecule is Cn1c(C(Cl)c2ccccc2)nc2cc(Br)ccc21. The van der Waals surface area contributed by atoms with Crippen LogP contribution in [0.5, 0.6) is 0 Å². The monoisotopic (exact) mass is 334 g/mol. The van der Waals surface area contributed by atoms with Crippen molar-refractivity contribution in [1.82, 2.24) is 9.55 Å². The van der Waals surface area contributed by atoms with Gasteiger partial charge in [0.2, 0.25) is 0 Å². The van der Waals surface area contributed by atoms with Crippen LogP contribution in [0.4, 0.5) is 0 Å². The fourth-order valence-corrected chi connectivity index (χ4v) is 2.88. The summed E-state index contributed by atoms with van der Waals surface area (Å²) in [6, 6.07) is 16.1. The largest absolute Gasteiger partial charge is 0.330 e. The number of alkyl halides is 1. The van der Waals surface area contributed by atoms with Crippen molar-refractivity contribution in [3.05, 3.63) is 64.4 Å². The Morgan fingerprint density at radius 3 is 2.63 bits per heavy atom. The lowest BCUT2D eigenvalue weighted by molar-refractivity contribution is 0.830. The molecule has 19 heavy (non-hydrogen) atoms. The van der Waals surface area contributed by atoms with Crippen molar-refractivity contribution in [2.45, 2.75) is 5.38 Å². The minimum atomic E-state index is -0.239. The number of benzene rings is 2. The van der Waals surface area contributed by atoms with Crippen LogP contribution in [0.2, 0.25) is 0 Å². The predicted octanol–water partition coefficient (Wildman–Crippen LogP) is 4.66. The molecule has 1 unspecified atom stereocenters. The molecule has 0 spiro atoms. The molecule has 0 saturated heterocycles. The Kier molecular flexibility index (Phi) is 3.33. The lowest BCUT2D eigenvalue weighted by atomic mass is 10.1. The van der Waals surface area contributed by atoms with Gasteiger partial charge in [0, 0.05) is 11.5 Å². The summed E-state index contributed by atoms with van der Waals surface area (Å²) in [6.45, 7) is 0. The third-order valence-electron chi connectivity index (χ3n) is 3.20. The van der Waals surface area contributed by atoms with Crippen LogP contribution in [0, 0.1) is 0 Å². The highest BCUT2D eigenvalue weighted by atomic mass is 79.9. The van der Waals surface area contributed by atoms with E-state index in [1.54, 1.807) is 0 Å². The highest BCUT2D eigenvalue weighted by Gasteiger charge is 2.17. The molecule has 0 radical (unpaired) electrons. The molecule has 0 N–H and O–H groups in total. The van der Waals surface area contributed by atoms with Gasteiger partial charge in [-0.1, -0.05) is 46.3 Å². The van der Waals surface area contributed by atoms with Crippen LogP contribution in [0.3, 0.4) is 0 Å². The number of aryl methyl sites for hydroxylation is 1. The molecule has 4 heteroatoms. The number of aromatic nitrogens is 2. The second kappa shape index (κ2) is 4.99. The number of hydrogen-bond acceptors (Lipinski definition) is 1. The van der Waals surface area contributed by atoms with Crippen molar-refractivity contribution in [2.24, 2.45) is 7.05 Å². The summed E-state index contributed by atoms with van der Waals surface area (Å²) < 4.78 is 3.07. The Morgan fingerprint density at radius 1 is 1.16 bits per heavy atom. The van der Waals surface area contributed by atoms with Gasteiger partial charge < -0.3 is 4.57 Å². The molecule has 0 bridgehead atoms. The number of nitrogens with zero attached hydrogens (tertiary/aromatic N) is 2. The summed E-state index contributed by atoms with van der Waals surface area (Å²) in [4.78, 5) is 4.65. The average Bonchev–Trinajstić information content (AvgIpc) is 2.75. The van der Waals surface area contributed by atoms with E-state index in [2.05, 4.69) is 20.9 Å². The van der Waals surface area contributed by atoms with Gasteiger partial charge >= 0.3 is 0 Å². The molecular formula is C15H12BrClN2.